The van der Waals surface area contributed by atoms with E-state index in [2.05, 4.69) is 10.6 Å². The third kappa shape index (κ3) is 5.67. The van der Waals surface area contributed by atoms with Gasteiger partial charge < -0.3 is 15.4 Å². The predicted octanol–water partition coefficient (Wildman–Crippen LogP) is 1.30. The molecule has 0 spiro atoms. The highest BCUT2D eigenvalue weighted by molar-refractivity contribution is 4.90. The minimum atomic E-state index is -4.04. The van der Waals surface area contributed by atoms with Gasteiger partial charge in [0.2, 0.25) is 0 Å². The van der Waals surface area contributed by atoms with Gasteiger partial charge in [-0.25, -0.2) is 0 Å². The lowest BCUT2D eigenvalue weighted by molar-refractivity contribution is -0.135. The Morgan fingerprint density at radius 1 is 1.31 bits per heavy atom. The smallest absolute Gasteiger partial charge is 0.371 e. The molecule has 3 nitrogen and oxygen atoms in total. The molecule has 0 saturated carbocycles. The lowest BCUT2D eigenvalue weighted by Gasteiger charge is -2.39. The Labute approximate surface area is 93.7 Å². The average Bonchev–Trinajstić information content (AvgIpc) is 2.12. The lowest BCUT2D eigenvalue weighted by Crippen LogP contribution is -2.59. The summed E-state index contributed by atoms with van der Waals surface area (Å²) in [5.74, 6) is 0. The van der Waals surface area contributed by atoms with Crippen molar-refractivity contribution in [2.24, 2.45) is 0 Å². The van der Waals surface area contributed by atoms with Gasteiger partial charge in [0, 0.05) is 26.1 Å². The number of rotatable bonds is 7. The fourth-order valence-corrected chi connectivity index (χ4v) is 1.49. The summed E-state index contributed by atoms with van der Waals surface area (Å²) in [6.45, 7) is 5.25. The second-order valence-electron chi connectivity index (χ2n) is 4.37. The van der Waals surface area contributed by atoms with Gasteiger partial charge in [0.05, 0.1) is 12.2 Å². The number of hydrogen-bond acceptors (Lipinski definition) is 3. The van der Waals surface area contributed by atoms with E-state index < -0.39 is 12.6 Å². The highest BCUT2D eigenvalue weighted by atomic mass is 19.4. The van der Waals surface area contributed by atoms with E-state index in [1.165, 1.54) is 0 Å². The highest BCUT2D eigenvalue weighted by Crippen LogP contribution is 2.20. The first kappa shape index (κ1) is 13.7. The molecule has 1 rings (SSSR count). The number of halogens is 3. The van der Waals surface area contributed by atoms with Crippen LogP contribution in [0.25, 0.3) is 0 Å². The van der Waals surface area contributed by atoms with Gasteiger partial charge in [-0.1, -0.05) is 0 Å². The Balaban J connectivity index is 1.85. The van der Waals surface area contributed by atoms with Crippen LogP contribution in [-0.4, -0.2) is 44.6 Å². The van der Waals surface area contributed by atoms with Crippen molar-refractivity contribution in [3.63, 3.8) is 0 Å². The first-order valence-corrected chi connectivity index (χ1v) is 5.53. The minimum absolute atomic E-state index is 0.0757. The zero-order valence-electron chi connectivity index (χ0n) is 9.49. The zero-order valence-corrected chi connectivity index (χ0v) is 9.49. The van der Waals surface area contributed by atoms with E-state index in [0.717, 1.165) is 13.1 Å². The Hall–Kier alpha value is -0.330. The van der Waals surface area contributed by atoms with Crippen molar-refractivity contribution in [3.8, 4) is 0 Å². The maximum Gasteiger partial charge on any atom is 0.389 e. The normalized spacial score (nSPS) is 19.5. The van der Waals surface area contributed by atoms with Gasteiger partial charge in [0.25, 0.3) is 0 Å². The van der Waals surface area contributed by atoms with Crippen molar-refractivity contribution in [3.05, 3.63) is 0 Å². The van der Waals surface area contributed by atoms with Gasteiger partial charge in [-0.15, -0.1) is 0 Å². The first-order chi connectivity index (χ1) is 7.41. The minimum Gasteiger partial charge on any atom is -0.371 e. The highest BCUT2D eigenvalue weighted by Gasteiger charge is 2.32. The molecule has 0 atom stereocenters. The largest absolute Gasteiger partial charge is 0.389 e. The molecule has 1 saturated heterocycles. The Morgan fingerprint density at radius 3 is 2.50 bits per heavy atom. The van der Waals surface area contributed by atoms with Crippen LogP contribution in [0.4, 0.5) is 13.2 Å². The SMILES string of the molecule is CC1(OCCNCCCC(F)(F)F)CNC1. The summed E-state index contributed by atoms with van der Waals surface area (Å²) in [5, 5.41) is 6.04. The van der Waals surface area contributed by atoms with E-state index in [9.17, 15) is 13.2 Å². The van der Waals surface area contributed by atoms with Crippen molar-refractivity contribution in [1.82, 2.24) is 10.6 Å². The van der Waals surface area contributed by atoms with Crippen LogP contribution < -0.4 is 10.6 Å². The molecule has 0 unspecified atom stereocenters. The Bertz CT molecular complexity index is 205. The molecule has 2 N–H and O–H groups in total. The lowest BCUT2D eigenvalue weighted by atomic mass is 10.0. The monoisotopic (exact) mass is 240 g/mol. The van der Waals surface area contributed by atoms with Crippen molar-refractivity contribution in [2.75, 3.05) is 32.8 Å². The number of ether oxygens (including phenoxy) is 1. The molecule has 96 valence electrons. The van der Waals surface area contributed by atoms with Crippen LogP contribution in [-0.2, 0) is 4.74 Å². The van der Waals surface area contributed by atoms with Crippen molar-refractivity contribution < 1.29 is 17.9 Å². The molecule has 0 bridgehead atoms. The fraction of sp³-hybridized carbons (Fsp3) is 1.00. The van der Waals surface area contributed by atoms with E-state index in [4.69, 9.17) is 4.74 Å². The van der Waals surface area contributed by atoms with Gasteiger partial charge in [-0.3, -0.25) is 0 Å². The Kier molecular flexibility index (Phi) is 5.01. The number of nitrogens with one attached hydrogen (secondary N) is 2. The summed E-state index contributed by atoms with van der Waals surface area (Å²) in [6, 6.07) is 0. The molecular formula is C10H19F3N2O. The second kappa shape index (κ2) is 5.84. The van der Waals surface area contributed by atoms with Crippen LogP contribution in [0.5, 0.6) is 0 Å². The molecule has 0 aromatic rings. The standard InChI is InChI=1S/C10H19F3N2O/c1-9(7-15-8-9)16-6-5-14-4-2-3-10(11,12)13/h14-15H,2-8H2,1H3. The summed E-state index contributed by atoms with van der Waals surface area (Å²) in [4.78, 5) is 0. The van der Waals surface area contributed by atoms with Crippen LogP contribution in [0.15, 0.2) is 0 Å². The summed E-state index contributed by atoms with van der Waals surface area (Å²) < 4.78 is 40.9. The molecule has 0 amide bonds. The third-order valence-electron chi connectivity index (χ3n) is 2.54. The maximum atomic E-state index is 11.8. The van der Waals surface area contributed by atoms with Gasteiger partial charge in [-0.2, -0.15) is 13.2 Å². The van der Waals surface area contributed by atoms with Crippen molar-refractivity contribution >= 4 is 0 Å². The number of alkyl halides is 3. The molecule has 1 aliphatic heterocycles. The molecule has 1 fully saturated rings. The predicted molar refractivity (Wildman–Crippen MR) is 55.4 cm³/mol. The zero-order chi connectivity index (χ0) is 12.1. The Morgan fingerprint density at radius 2 is 2.00 bits per heavy atom. The number of hydrogen-bond donors (Lipinski definition) is 2. The van der Waals surface area contributed by atoms with Gasteiger partial charge >= 0.3 is 6.18 Å². The molecular weight excluding hydrogens is 221 g/mol. The first-order valence-electron chi connectivity index (χ1n) is 5.53. The second-order valence-corrected chi connectivity index (χ2v) is 4.37. The molecule has 0 aromatic carbocycles. The average molecular weight is 240 g/mol. The van der Waals surface area contributed by atoms with Crippen LogP contribution >= 0.6 is 0 Å². The topological polar surface area (TPSA) is 33.3 Å². The van der Waals surface area contributed by atoms with E-state index >= 15 is 0 Å². The summed E-state index contributed by atoms with van der Waals surface area (Å²) in [5.41, 5.74) is -0.0757. The summed E-state index contributed by atoms with van der Waals surface area (Å²) in [7, 11) is 0. The van der Waals surface area contributed by atoms with E-state index in [-0.39, 0.29) is 12.0 Å². The maximum absolute atomic E-state index is 11.8. The van der Waals surface area contributed by atoms with E-state index in [1.807, 2.05) is 6.92 Å². The molecule has 16 heavy (non-hydrogen) atoms. The summed E-state index contributed by atoms with van der Waals surface area (Å²) in [6.07, 6.45) is -4.63. The van der Waals surface area contributed by atoms with Crippen molar-refractivity contribution in [2.45, 2.75) is 31.5 Å². The summed E-state index contributed by atoms with van der Waals surface area (Å²) >= 11 is 0. The van der Waals surface area contributed by atoms with Gasteiger partial charge in [0.1, 0.15) is 0 Å². The van der Waals surface area contributed by atoms with Crippen LogP contribution in [0.3, 0.4) is 0 Å². The molecule has 0 radical (unpaired) electrons. The molecule has 0 aromatic heterocycles. The van der Waals surface area contributed by atoms with Crippen LogP contribution in [0.2, 0.25) is 0 Å². The van der Waals surface area contributed by atoms with Crippen molar-refractivity contribution in [1.29, 1.82) is 0 Å². The third-order valence-corrected chi connectivity index (χ3v) is 2.54. The van der Waals surface area contributed by atoms with E-state index in [1.54, 1.807) is 0 Å². The van der Waals surface area contributed by atoms with Gasteiger partial charge in [0.15, 0.2) is 0 Å². The van der Waals surface area contributed by atoms with Crippen LogP contribution in [0, 0.1) is 0 Å². The fourth-order valence-electron chi connectivity index (χ4n) is 1.49. The van der Waals surface area contributed by atoms with E-state index in [0.29, 0.717) is 19.7 Å². The molecule has 0 aliphatic carbocycles. The molecule has 6 heteroatoms. The molecule has 1 aliphatic rings. The van der Waals surface area contributed by atoms with Gasteiger partial charge in [-0.05, 0) is 19.9 Å². The quantitative estimate of drug-likeness (QED) is 0.658. The molecule has 1 heterocycles. The van der Waals surface area contributed by atoms with Crippen LogP contribution in [0.1, 0.15) is 19.8 Å².